The molecule has 0 aliphatic rings. The van der Waals surface area contributed by atoms with E-state index >= 15 is 0 Å². The molecule has 3 rings (SSSR count). The lowest BCUT2D eigenvalue weighted by Gasteiger charge is -2.08. The minimum Gasteiger partial charge on any atom is -0.492 e. The highest BCUT2D eigenvalue weighted by Crippen LogP contribution is 2.37. The number of hydrogen-bond donors (Lipinski definition) is 5. The Morgan fingerprint density at radius 1 is 0.889 bits per heavy atom. The van der Waals surface area contributed by atoms with E-state index in [0.717, 1.165) is 18.2 Å². The lowest BCUT2D eigenvalue weighted by Crippen LogP contribution is -2.10. The third-order valence-corrected chi connectivity index (χ3v) is 6.61. The molecule has 0 bridgehead atoms. The van der Waals surface area contributed by atoms with E-state index in [2.05, 4.69) is 15.3 Å². The quantitative estimate of drug-likeness (QED) is 0.214. The summed E-state index contributed by atoms with van der Waals surface area (Å²) in [4.78, 5) is 21.9. The third-order valence-electron chi connectivity index (χ3n) is 4.87. The first-order valence-corrected chi connectivity index (χ1v) is 12.3. The van der Waals surface area contributed by atoms with Crippen molar-refractivity contribution in [2.45, 2.75) is 23.6 Å². The monoisotopic (exact) mass is 540 g/mol. The fourth-order valence-electron chi connectivity index (χ4n) is 3.00. The maximum Gasteiger partial charge on any atom is 0.358 e. The van der Waals surface area contributed by atoms with Gasteiger partial charge in [-0.25, -0.2) is 9.59 Å². The van der Waals surface area contributed by atoms with E-state index in [1.807, 2.05) is 0 Å². The van der Waals surface area contributed by atoms with Gasteiger partial charge in [0.05, 0.1) is 16.1 Å². The van der Waals surface area contributed by atoms with E-state index in [-0.39, 0.29) is 0 Å². The molecule has 0 fully saturated rings. The number of rotatable bonds is 7. The molecule has 15 nitrogen and oxygen atoms in total. The van der Waals surface area contributed by atoms with Crippen molar-refractivity contribution in [2.75, 3.05) is 0 Å². The van der Waals surface area contributed by atoms with Gasteiger partial charge in [0.1, 0.15) is 10.6 Å². The fraction of sp³-hybridized carbons (Fsp3) is 0.105. The van der Waals surface area contributed by atoms with Gasteiger partial charge in [0.2, 0.25) is 11.6 Å². The zero-order chi connectivity index (χ0) is 27.2. The molecule has 1 aromatic heterocycles. The molecule has 2 aromatic carbocycles. The van der Waals surface area contributed by atoms with E-state index in [1.165, 1.54) is 6.07 Å². The summed E-state index contributed by atoms with van der Waals surface area (Å²) in [5, 5.41) is 40.4. The number of benzene rings is 2. The Balaban J connectivity index is 2.25. The summed E-state index contributed by atoms with van der Waals surface area (Å²) in [6, 6.07) is 4.53. The van der Waals surface area contributed by atoms with Crippen LogP contribution in [0.25, 0.3) is 5.69 Å². The summed E-state index contributed by atoms with van der Waals surface area (Å²) < 4.78 is 65.3. The molecule has 190 valence electrons. The van der Waals surface area contributed by atoms with Crippen molar-refractivity contribution in [3.63, 3.8) is 0 Å². The summed E-state index contributed by atoms with van der Waals surface area (Å²) >= 11 is 0. The molecule has 0 saturated carbocycles. The molecule has 0 atom stereocenters. The average molecular weight is 540 g/mol. The van der Waals surface area contributed by atoms with E-state index < -0.39 is 76.2 Å². The Labute approximate surface area is 202 Å². The van der Waals surface area contributed by atoms with Crippen LogP contribution in [0.4, 0.5) is 11.4 Å². The number of hydrogen-bond acceptors (Lipinski definition) is 10. The smallest absolute Gasteiger partial charge is 0.358 e. The number of azo groups is 1. The Morgan fingerprint density at radius 2 is 1.50 bits per heavy atom. The van der Waals surface area contributed by atoms with Gasteiger partial charge in [-0.3, -0.25) is 9.11 Å². The van der Waals surface area contributed by atoms with Crippen LogP contribution in [0, 0.1) is 13.8 Å². The molecule has 1 heterocycles. The first-order chi connectivity index (χ1) is 16.5. The predicted molar refractivity (Wildman–Crippen MR) is 119 cm³/mol. The molecule has 0 unspecified atom stereocenters. The second-order valence-electron chi connectivity index (χ2n) is 7.28. The zero-order valence-electron chi connectivity index (χ0n) is 18.2. The highest BCUT2D eigenvalue weighted by molar-refractivity contribution is 7.86. The number of aromatic hydroxyl groups is 1. The zero-order valence-corrected chi connectivity index (χ0v) is 19.8. The summed E-state index contributed by atoms with van der Waals surface area (Å²) in [5.41, 5.74) is -2.39. The second-order valence-corrected chi connectivity index (χ2v) is 10.1. The average Bonchev–Trinajstić information content (AvgIpc) is 3.08. The van der Waals surface area contributed by atoms with Gasteiger partial charge in [0.25, 0.3) is 20.2 Å². The lowest BCUT2D eigenvalue weighted by molar-refractivity contribution is 0.0684. The minimum atomic E-state index is -4.80. The molecule has 0 amide bonds. The van der Waals surface area contributed by atoms with Gasteiger partial charge in [-0.05, 0) is 55.3 Å². The van der Waals surface area contributed by atoms with Crippen molar-refractivity contribution >= 4 is 43.5 Å². The number of nitrogens with zero attached hydrogens (tertiary/aromatic N) is 4. The summed E-state index contributed by atoms with van der Waals surface area (Å²) in [6.07, 6.45) is 0. The lowest BCUT2D eigenvalue weighted by atomic mass is 10.1. The van der Waals surface area contributed by atoms with Crippen LogP contribution in [0.15, 0.2) is 50.4 Å². The number of carboxylic acid groups (broad SMARTS) is 2. The standard InChI is InChI=1S/C19H16N4O11S2/c1-8-5-12(14(6-9(8)2)36(32,33)34)20-21-15-16(19(27)28)22-23(17(15)24)13-4-3-10(35(29,30)31)7-11(13)18(25)26/h3-7,24H,1-2H3,(H,25,26)(H,27,28)(H,29,30,31)(H,32,33,34). The van der Waals surface area contributed by atoms with Gasteiger partial charge in [-0.15, -0.1) is 10.2 Å². The molecule has 5 N–H and O–H groups in total. The van der Waals surface area contributed by atoms with Crippen LogP contribution < -0.4 is 0 Å². The molecule has 0 aliphatic heterocycles. The first kappa shape index (κ1) is 26.4. The van der Waals surface area contributed by atoms with E-state index in [4.69, 9.17) is 4.55 Å². The van der Waals surface area contributed by atoms with Crippen molar-refractivity contribution in [1.82, 2.24) is 9.78 Å². The predicted octanol–water partition coefficient (Wildman–Crippen LogP) is 2.50. The second kappa shape index (κ2) is 9.11. The van der Waals surface area contributed by atoms with Gasteiger partial charge in [0, 0.05) is 0 Å². The molecule has 0 saturated heterocycles. The van der Waals surface area contributed by atoms with Crippen LogP contribution in [0.1, 0.15) is 32.0 Å². The molecule has 3 aromatic rings. The number of aromatic nitrogens is 2. The van der Waals surface area contributed by atoms with E-state index in [9.17, 15) is 46.3 Å². The topological polar surface area (TPSA) is 246 Å². The summed E-state index contributed by atoms with van der Waals surface area (Å²) in [5.74, 6) is -4.49. The normalized spacial score (nSPS) is 12.2. The summed E-state index contributed by atoms with van der Waals surface area (Å²) in [7, 11) is -9.57. The van der Waals surface area contributed by atoms with Crippen LogP contribution in [0.5, 0.6) is 5.88 Å². The number of aromatic carboxylic acids is 2. The van der Waals surface area contributed by atoms with Crippen molar-refractivity contribution in [2.24, 2.45) is 10.2 Å². The molecular formula is C19H16N4O11S2. The van der Waals surface area contributed by atoms with Crippen LogP contribution in [-0.2, 0) is 20.2 Å². The van der Waals surface area contributed by atoms with Crippen LogP contribution >= 0.6 is 0 Å². The van der Waals surface area contributed by atoms with E-state index in [1.54, 1.807) is 13.8 Å². The van der Waals surface area contributed by atoms with Gasteiger partial charge >= 0.3 is 11.9 Å². The highest BCUT2D eigenvalue weighted by atomic mass is 32.2. The third kappa shape index (κ3) is 5.08. The molecule has 0 radical (unpaired) electrons. The molecule has 0 spiro atoms. The number of aryl methyl sites for hydroxylation is 2. The van der Waals surface area contributed by atoms with Crippen LogP contribution in [0.2, 0.25) is 0 Å². The van der Waals surface area contributed by atoms with Gasteiger partial charge in [0.15, 0.2) is 5.69 Å². The van der Waals surface area contributed by atoms with Crippen molar-refractivity contribution in [3.05, 3.63) is 52.7 Å². The molecular weight excluding hydrogens is 524 g/mol. The number of carboxylic acids is 2. The fourth-order valence-corrected chi connectivity index (χ4v) is 4.20. The first-order valence-electron chi connectivity index (χ1n) is 9.43. The largest absolute Gasteiger partial charge is 0.492 e. The van der Waals surface area contributed by atoms with Gasteiger partial charge in [-0.2, -0.15) is 26.6 Å². The highest BCUT2D eigenvalue weighted by Gasteiger charge is 2.27. The molecule has 36 heavy (non-hydrogen) atoms. The van der Waals surface area contributed by atoms with Crippen LogP contribution in [0.3, 0.4) is 0 Å². The van der Waals surface area contributed by atoms with Crippen molar-refractivity contribution in [3.8, 4) is 11.6 Å². The Hall–Kier alpha value is -4.19. The van der Waals surface area contributed by atoms with Crippen LogP contribution in [-0.4, -0.2) is 63.0 Å². The van der Waals surface area contributed by atoms with E-state index in [0.29, 0.717) is 21.9 Å². The number of carbonyl (C=O) groups is 2. The SMILES string of the molecule is Cc1cc(N=Nc2c(C(=O)O)nn(-c3ccc(S(=O)(=O)O)cc3C(=O)O)c2O)c(S(=O)(=O)O)cc1C. The summed E-state index contributed by atoms with van der Waals surface area (Å²) in [6.45, 7) is 3.17. The van der Waals surface area contributed by atoms with Gasteiger partial charge < -0.3 is 15.3 Å². The maximum absolute atomic E-state index is 11.7. The molecule has 0 aliphatic carbocycles. The van der Waals surface area contributed by atoms with Gasteiger partial charge in [-0.1, -0.05) is 0 Å². The maximum atomic E-state index is 11.7. The Bertz CT molecular complexity index is 1670. The Morgan fingerprint density at radius 3 is 2.03 bits per heavy atom. The Kier molecular flexibility index (Phi) is 6.69. The molecule has 17 heteroatoms. The minimum absolute atomic E-state index is 0.396. The van der Waals surface area contributed by atoms with Crippen molar-refractivity contribution < 1.29 is 50.8 Å². The van der Waals surface area contributed by atoms with Crippen molar-refractivity contribution in [1.29, 1.82) is 0 Å².